The summed E-state index contributed by atoms with van der Waals surface area (Å²) in [7, 11) is 3.13. The van der Waals surface area contributed by atoms with Crippen molar-refractivity contribution in [2.45, 2.75) is 152 Å². The normalized spacial score (nSPS) is 24.2. The molecule has 0 radical (unpaired) electrons. The van der Waals surface area contributed by atoms with Gasteiger partial charge in [0.2, 0.25) is 0 Å². The number of Topliss-reactive ketones (excluding diaryl/α,β-unsaturated/α-hetero) is 4. The van der Waals surface area contributed by atoms with Crippen molar-refractivity contribution in [3.63, 3.8) is 0 Å². The van der Waals surface area contributed by atoms with Crippen LogP contribution in [-0.4, -0.2) is 134 Å². The van der Waals surface area contributed by atoms with Crippen molar-refractivity contribution in [3.05, 3.63) is 223 Å². The maximum Gasteiger partial charge on any atom is 0.416 e. The monoisotopic (exact) mass is 1690 g/mol. The number of ether oxygens (including phenoxy) is 6. The van der Waals surface area contributed by atoms with E-state index in [2.05, 4.69) is 46.2 Å². The lowest BCUT2D eigenvalue weighted by molar-refractivity contribution is -0.165. The highest BCUT2D eigenvalue weighted by molar-refractivity contribution is 6.32. The lowest BCUT2D eigenvalue weighted by atomic mass is 9.38. The summed E-state index contributed by atoms with van der Waals surface area (Å²) >= 11 is 23.2. The summed E-state index contributed by atoms with van der Waals surface area (Å²) in [6.45, 7) is 3.72. The molecule has 12 saturated carbocycles. The van der Waals surface area contributed by atoms with E-state index in [1.54, 1.807) is 68.9 Å². The van der Waals surface area contributed by atoms with Gasteiger partial charge in [-0.1, -0.05) is 52.5 Å². The summed E-state index contributed by atoms with van der Waals surface area (Å²) in [5, 5.41) is 13.1. The second-order valence-electron chi connectivity index (χ2n) is 32.6. The number of halogens is 9. The van der Waals surface area contributed by atoms with Crippen molar-refractivity contribution in [2.75, 3.05) is 40.6 Å². The van der Waals surface area contributed by atoms with Crippen LogP contribution < -0.4 is 45.0 Å². The van der Waals surface area contributed by atoms with Gasteiger partial charge >= 0.3 is 6.18 Å². The van der Waals surface area contributed by atoms with Gasteiger partial charge in [0.25, 0.3) is 23.6 Å². The van der Waals surface area contributed by atoms with Gasteiger partial charge in [-0.15, -0.1) is 0 Å². The van der Waals surface area contributed by atoms with Crippen LogP contribution in [0, 0.1) is 47.1 Å². The maximum atomic E-state index is 13.4. The molecule has 614 valence electrons. The number of ketones is 4. The average Bonchev–Trinajstić information content (AvgIpc) is 0.699. The smallest absolute Gasteiger partial charge is 0.416 e. The van der Waals surface area contributed by atoms with Crippen LogP contribution in [0.1, 0.15) is 167 Å². The number of nitrogens with zero attached hydrogens (tertiary/aromatic N) is 5. The number of carbonyl (C=O) groups is 8. The summed E-state index contributed by atoms with van der Waals surface area (Å²) in [5.41, 5.74) is 1.10. The number of carbonyl (C=O) groups excluding carboxylic acids is 8. The van der Waals surface area contributed by atoms with Gasteiger partial charge in [0, 0.05) is 108 Å². The van der Waals surface area contributed by atoms with E-state index in [0.29, 0.717) is 95.9 Å². The Labute approximate surface area is 689 Å². The number of aromatic nitrogens is 5. The highest BCUT2D eigenvalue weighted by Crippen LogP contribution is 2.72. The van der Waals surface area contributed by atoms with Crippen LogP contribution in [0.5, 0.6) is 28.7 Å². The Hall–Kier alpha value is -10.3. The number of aryl methyl sites for hydroxylation is 2. The molecule has 12 aliphatic carbocycles. The van der Waals surface area contributed by atoms with Crippen LogP contribution in [-0.2, 0) is 36.7 Å². The number of nitrogens with one attached hydrogen (secondary N) is 4. The third kappa shape index (κ3) is 20.0. The van der Waals surface area contributed by atoms with Gasteiger partial charge in [-0.25, -0.2) is 18.7 Å². The van der Waals surface area contributed by atoms with Gasteiger partial charge in [0.15, 0.2) is 36.3 Å². The summed E-state index contributed by atoms with van der Waals surface area (Å²) < 4.78 is 97.3. The van der Waals surface area contributed by atoms with Crippen LogP contribution in [0.25, 0.3) is 0 Å². The quantitative estimate of drug-likeness (QED) is 0.0232. The minimum absolute atomic E-state index is 0.000315. The van der Waals surface area contributed by atoms with Crippen LogP contribution >= 0.6 is 46.4 Å². The molecular formula is C85H82Cl4F5N9O14. The third-order valence-corrected chi connectivity index (χ3v) is 24.1. The second-order valence-corrected chi connectivity index (χ2v) is 34.2. The third-order valence-electron chi connectivity index (χ3n) is 22.7. The summed E-state index contributed by atoms with van der Waals surface area (Å²) in [6.07, 6.45) is 13.1. The fourth-order valence-electron chi connectivity index (χ4n) is 18.2. The lowest BCUT2D eigenvalue weighted by Gasteiger charge is -2.70. The predicted octanol–water partition coefficient (Wildman–Crippen LogP) is 15.2. The zero-order valence-electron chi connectivity index (χ0n) is 64.1. The minimum Gasteiger partial charge on any atom is -0.497 e. The first-order chi connectivity index (χ1) is 55.5. The molecule has 0 atom stereocenters. The Balaban J connectivity index is 0.000000136. The molecule has 12 aliphatic rings. The molecule has 4 aromatic carbocycles. The molecule has 4 amide bonds. The highest BCUT2D eigenvalue weighted by atomic mass is 35.5. The molecule has 4 aromatic heterocycles. The molecule has 4 N–H and O–H groups in total. The van der Waals surface area contributed by atoms with E-state index < -0.39 is 34.8 Å². The predicted molar refractivity (Wildman–Crippen MR) is 419 cm³/mol. The fourth-order valence-corrected chi connectivity index (χ4v) is 18.7. The standard InChI is InChI=1S/C22H20ClF3N2O3.C22H22ClFN2O4.C21H20ClFN2O4.C20H20ClN3O3/c1-13-6-16(2-3-17(13)23)31-9-15(29)8-20-10-21(11-20,12-20)28-19(30)18-7-14(4-5-27-18)22(24,25)26;1-29-9-14-3-2-4-18(25-14)19(27)8-21-11-22(12-21,13-21)26-20(28)10-30-15-5-6-16(23)17(24)7-15;1-28-13-4-5-24-17(7-13)18(26)8-20-10-21(11-20,12-20)25-19(27)9-29-14-2-3-15(22)16(23)6-14;1-13-6-15(2-3-16(13)21)27-9-14(25)7-19-10-20(11-19,12-19)24-18(26)17-8-22-4-5-23-17/h2-7H,8-12H2,1H3,(H,28,30);2-7H,8-13H2,1H3,(H,26,28);2-7H,8-12H2,1H3,(H,25,27);2-6,8H,7,9-12H2,1H3,(H,24,26). The topological polar surface area (TPSA) is 305 Å². The van der Waals surface area contributed by atoms with E-state index in [1.807, 2.05) is 32.0 Å². The van der Waals surface area contributed by atoms with Crippen LogP contribution in [0.15, 0.2) is 146 Å². The Morgan fingerprint density at radius 2 is 0.838 bits per heavy atom. The number of rotatable bonds is 31. The molecule has 0 unspecified atom stereocenters. The van der Waals surface area contributed by atoms with Crippen molar-refractivity contribution < 1.29 is 88.7 Å². The van der Waals surface area contributed by atoms with Gasteiger partial charge < -0.3 is 49.7 Å². The Morgan fingerprint density at radius 3 is 1.27 bits per heavy atom. The van der Waals surface area contributed by atoms with Crippen molar-refractivity contribution in [2.24, 2.45) is 21.7 Å². The largest absolute Gasteiger partial charge is 0.497 e. The summed E-state index contributed by atoms with van der Waals surface area (Å²) in [5.74, 6) is -0.206. The SMILES string of the molecule is COCc1cccc(C(=O)CC23CC(NC(=O)COc4ccc(Cl)c(F)c4)(C2)C3)n1.COc1ccnc(C(=O)CC23CC(NC(=O)COc4ccc(Cl)c(F)c4)(C2)C3)c1.Cc1cc(OCC(=O)CC23CC(NC(=O)c4cc(C(F)(F)F)ccn4)(C2)C3)ccc1Cl.Cc1cc(OCC(=O)CC23CC(NC(=O)c4cnccn4)(C2)C3)ccc1Cl. The van der Waals surface area contributed by atoms with E-state index in [9.17, 15) is 60.3 Å². The Bertz CT molecular complexity index is 5120. The van der Waals surface area contributed by atoms with E-state index in [1.165, 1.54) is 42.9 Å². The van der Waals surface area contributed by atoms with Crippen molar-refractivity contribution in [3.8, 4) is 28.7 Å². The van der Waals surface area contributed by atoms with Crippen molar-refractivity contribution in [1.82, 2.24) is 46.2 Å². The molecular weight excluding hydrogens is 1610 g/mol. The zero-order chi connectivity index (χ0) is 83.5. The number of methoxy groups -OCH3 is 2. The second kappa shape index (κ2) is 34.0. The molecule has 4 heterocycles. The van der Waals surface area contributed by atoms with E-state index in [0.717, 1.165) is 105 Å². The molecule has 12 fully saturated rings. The zero-order valence-corrected chi connectivity index (χ0v) is 67.1. The average molecular weight is 1690 g/mol. The highest BCUT2D eigenvalue weighted by Gasteiger charge is 2.71. The van der Waals surface area contributed by atoms with Crippen LogP contribution in [0.3, 0.4) is 0 Å². The number of pyridine rings is 3. The molecule has 20 rings (SSSR count). The molecule has 8 aromatic rings. The first kappa shape index (κ1) is 84.6. The van der Waals surface area contributed by atoms with Gasteiger partial charge in [0.1, 0.15) is 76.4 Å². The molecule has 0 saturated heterocycles. The lowest BCUT2D eigenvalue weighted by Crippen LogP contribution is -2.75. The number of hydrogen-bond acceptors (Lipinski definition) is 19. The van der Waals surface area contributed by atoms with Crippen LogP contribution in [0.2, 0.25) is 20.1 Å². The number of hydrogen-bond donors (Lipinski definition) is 4. The van der Waals surface area contributed by atoms with E-state index in [4.69, 9.17) is 74.8 Å². The van der Waals surface area contributed by atoms with Crippen molar-refractivity contribution >= 4 is 93.2 Å². The maximum absolute atomic E-state index is 13.4. The fraction of sp³-hybridized carbons (Fsp3) is 0.400. The van der Waals surface area contributed by atoms with E-state index >= 15 is 0 Å². The number of amides is 4. The first-order valence-electron chi connectivity index (χ1n) is 37.6. The van der Waals surface area contributed by atoms with Gasteiger partial charge in [-0.2, -0.15) is 13.2 Å². The molecule has 117 heavy (non-hydrogen) atoms. The minimum atomic E-state index is -4.54. The van der Waals surface area contributed by atoms with Gasteiger partial charge in [-0.05, 0) is 215 Å². The number of alkyl halides is 3. The number of benzene rings is 4. The van der Waals surface area contributed by atoms with Gasteiger partial charge in [-0.3, -0.25) is 53.3 Å². The molecule has 0 aliphatic heterocycles. The van der Waals surface area contributed by atoms with Gasteiger partial charge in [0.05, 0.1) is 41.2 Å². The Kier molecular flexibility index (Phi) is 24.6. The Morgan fingerprint density at radius 1 is 0.427 bits per heavy atom. The molecule has 32 heteroatoms. The van der Waals surface area contributed by atoms with Crippen molar-refractivity contribution in [1.29, 1.82) is 0 Å². The van der Waals surface area contributed by atoms with Crippen LogP contribution in [0.4, 0.5) is 22.0 Å². The summed E-state index contributed by atoms with van der Waals surface area (Å²) in [4.78, 5) is 119. The molecule has 23 nitrogen and oxygen atoms in total. The molecule has 0 spiro atoms. The van der Waals surface area contributed by atoms with E-state index in [-0.39, 0.29) is 133 Å². The first-order valence-corrected chi connectivity index (χ1v) is 39.1. The summed E-state index contributed by atoms with van der Waals surface area (Å²) in [6, 6.07) is 28.9. The molecule has 8 bridgehead atoms.